The second kappa shape index (κ2) is 6.21. The van der Waals surface area contributed by atoms with Gasteiger partial charge >= 0.3 is 6.03 Å². The number of hydrogen-bond acceptors (Lipinski definition) is 3. The predicted octanol–water partition coefficient (Wildman–Crippen LogP) is 3.38. The highest BCUT2D eigenvalue weighted by molar-refractivity contribution is 6.31. The van der Waals surface area contributed by atoms with E-state index in [9.17, 15) is 4.79 Å². The molecule has 3 fully saturated rings. The Morgan fingerprint density at radius 2 is 2.09 bits per heavy atom. The van der Waals surface area contributed by atoms with Crippen molar-refractivity contribution >= 4 is 29.0 Å². The maximum atomic E-state index is 12.4. The van der Waals surface area contributed by atoms with Crippen molar-refractivity contribution in [3.8, 4) is 0 Å². The molecule has 0 aliphatic carbocycles. The Morgan fingerprint density at radius 3 is 2.78 bits per heavy atom. The van der Waals surface area contributed by atoms with E-state index in [4.69, 9.17) is 16.3 Å². The molecule has 6 heteroatoms. The van der Waals surface area contributed by atoms with Crippen LogP contribution < -0.4 is 15.5 Å². The molecule has 1 aromatic rings. The fraction of sp³-hybridized carbons (Fsp3) is 0.588. The summed E-state index contributed by atoms with van der Waals surface area (Å²) in [7, 11) is 0. The van der Waals surface area contributed by atoms with E-state index in [1.807, 2.05) is 18.2 Å². The van der Waals surface area contributed by atoms with E-state index in [1.54, 1.807) is 0 Å². The van der Waals surface area contributed by atoms with Gasteiger partial charge in [0.05, 0.1) is 29.6 Å². The maximum Gasteiger partial charge on any atom is 0.319 e. The molecule has 0 radical (unpaired) electrons. The number of nitrogens with zero attached hydrogens (tertiary/aromatic N) is 1. The van der Waals surface area contributed by atoms with Crippen molar-refractivity contribution in [2.24, 2.45) is 0 Å². The summed E-state index contributed by atoms with van der Waals surface area (Å²) in [5.41, 5.74) is 1.83. The first kappa shape index (κ1) is 15.1. The number of anilines is 2. The van der Waals surface area contributed by atoms with Crippen LogP contribution in [0.5, 0.6) is 0 Å². The number of urea groups is 1. The van der Waals surface area contributed by atoms with Crippen molar-refractivity contribution in [2.75, 3.05) is 23.3 Å². The molecule has 3 atom stereocenters. The van der Waals surface area contributed by atoms with E-state index in [1.165, 1.54) is 12.8 Å². The summed E-state index contributed by atoms with van der Waals surface area (Å²) in [6, 6.07) is 5.65. The van der Waals surface area contributed by atoms with E-state index in [0.29, 0.717) is 11.1 Å². The second-order valence-electron chi connectivity index (χ2n) is 6.67. The van der Waals surface area contributed by atoms with Crippen molar-refractivity contribution in [2.45, 2.75) is 50.4 Å². The molecule has 3 aliphatic heterocycles. The highest BCUT2D eigenvalue weighted by Gasteiger charge is 2.41. The van der Waals surface area contributed by atoms with Gasteiger partial charge in [-0.1, -0.05) is 11.6 Å². The lowest BCUT2D eigenvalue weighted by molar-refractivity contribution is 0.0984. The van der Waals surface area contributed by atoms with Crippen molar-refractivity contribution in [1.29, 1.82) is 0 Å². The SMILES string of the molecule is O=C(Nc1cc(Cl)ccc1N1CCCC1)N[C@@H]1C[C@H]2CC[C@H]1O2. The highest BCUT2D eigenvalue weighted by atomic mass is 35.5. The van der Waals surface area contributed by atoms with Gasteiger partial charge in [0.2, 0.25) is 0 Å². The number of halogens is 1. The molecule has 0 unspecified atom stereocenters. The molecular weight excluding hydrogens is 314 g/mol. The smallest absolute Gasteiger partial charge is 0.319 e. The summed E-state index contributed by atoms with van der Waals surface area (Å²) >= 11 is 6.12. The molecule has 124 valence electrons. The predicted molar refractivity (Wildman–Crippen MR) is 91.4 cm³/mol. The van der Waals surface area contributed by atoms with E-state index in [2.05, 4.69) is 15.5 Å². The fourth-order valence-electron chi connectivity index (χ4n) is 3.96. The van der Waals surface area contributed by atoms with Crippen LogP contribution in [0.2, 0.25) is 5.02 Å². The molecule has 5 nitrogen and oxygen atoms in total. The normalized spacial score (nSPS) is 29.1. The Kier molecular flexibility index (Phi) is 4.07. The van der Waals surface area contributed by atoms with Crippen LogP contribution in [0, 0.1) is 0 Å². The number of rotatable bonds is 3. The summed E-state index contributed by atoms with van der Waals surface area (Å²) in [6.07, 6.45) is 5.99. The number of nitrogens with one attached hydrogen (secondary N) is 2. The van der Waals surface area contributed by atoms with Crippen molar-refractivity contribution < 1.29 is 9.53 Å². The largest absolute Gasteiger partial charge is 0.373 e. The fourth-order valence-corrected chi connectivity index (χ4v) is 4.13. The number of carbonyl (C=O) groups excluding carboxylic acids is 1. The molecule has 0 aromatic heterocycles. The van der Waals surface area contributed by atoms with E-state index in [0.717, 1.165) is 43.7 Å². The number of ether oxygens (including phenoxy) is 1. The summed E-state index contributed by atoms with van der Waals surface area (Å²) < 4.78 is 5.79. The van der Waals surface area contributed by atoms with Crippen LogP contribution in [-0.2, 0) is 4.74 Å². The standard InChI is InChI=1S/C17H22ClN3O2/c18-11-3-5-15(21-7-1-2-8-21)13(9-11)19-17(22)20-14-10-12-4-6-16(14)23-12/h3,5,9,12,14,16H,1-2,4,6-8,10H2,(H2,19,20,22)/t12-,14-,16-/m1/s1. The molecule has 4 rings (SSSR count). The van der Waals surface area contributed by atoms with Crippen LogP contribution in [0.15, 0.2) is 18.2 Å². The number of fused-ring (bicyclic) bond motifs is 2. The summed E-state index contributed by atoms with van der Waals surface area (Å²) in [5.74, 6) is 0. The third-order valence-corrected chi connectivity index (χ3v) is 5.31. The average molecular weight is 336 g/mol. The minimum atomic E-state index is -0.172. The Morgan fingerprint density at radius 1 is 1.26 bits per heavy atom. The zero-order valence-corrected chi connectivity index (χ0v) is 13.8. The second-order valence-corrected chi connectivity index (χ2v) is 7.11. The molecule has 0 saturated carbocycles. The third-order valence-electron chi connectivity index (χ3n) is 5.08. The van der Waals surface area contributed by atoms with Gasteiger partial charge in [-0.3, -0.25) is 0 Å². The first-order valence-corrected chi connectivity index (χ1v) is 8.84. The van der Waals surface area contributed by atoms with Crippen molar-refractivity contribution in [3.05, 3.63) is 23.2 Å². The molecule has 2 bridgehead atoms. The van der Waals surface area contributed by atoms with Crippen LogP contribution >= 0.6 is 11.6 Å². The van der Waals surface area contributed by atoms with E-state index >= 15 is 0 Å². The van der Waals surface area contributed by atoms with Crippen molar-refractivity contribution in [3.63, 3.8) is 0 Å². The first-order chi connectivity index (χ1) is 11.2. The van der Waals surface area contributed by atoms with Gasteiger partial charge in [-0.2, -0.15) is 0 Å². The average Bonchev–Trinajstić information content (AvgIpc) is 3.25. The van der Waals surface area contributed by atoms with Crippen LogP contribution in [0.1, 0.15) is 32.1 Å². The van der Waals surface area contributed by atoms with Crippen LogP contribution in [0.4, 0.5) is 16.2 Å². The molecule has 1 aromatic carbocycles. The zero-order chi connectivity index (χ0) is 15.8. The number of amides is 2. The van der Waals surface area contributed by atoms with Crippen molar-refractivity contribution in [1.82, 2.24) is 5.32 Å². The Labute approximate surface area is 141 Å². The number of carbonyl (C=O) groups is 1. The zero-order valence-electron chi connectivity index (χ0n) is 13.1. The minimum Gasteiger partial charge on any atom is -0.373 e. The molecule has 2 amide bonds. The molecule has 3 saturated heterocycles. The van der Waals surface area contributed by atoms with Gasteiger partial charge in [0, 0.05) is 18.1 Å². The van der Waals surface area contributed by atoms with Gasteiger partial charge < -0.3 is 20.3 Å². The Balaban J connectivity index is 1.45. The number of hydrogen-bond donors (Lipinski definition) is 2. The third kappa shape index (κ3) is 3.12. The molecular formula is C17H22ClN3O2. The quantitative estimate of drug-likeness (QED) is 0.890. The Hall–Kier alpha value is -1.46. The van der Waals surface area contributed by atoms with Crippen LogP contribution in [0.25, 0.3) is 0 Å². The first-order valence-electron chi connectivity index (χ1n) is 8.46. The van der Waals surface area contributed by atoms with Crippen LogP contribution in [-0.4, -0.2) is 37.4 Å². The highest BCUT2D eigenvalue weighted by Crippen LogP contribution is 2.35. The lowest BCUT2D eigenvalue weighted by Gasteiger charge is -2.24. The van der Waals surface area contributed by atoms with Gasteiger partial charge in [-0.25, -0.2) is 4.79 Å². The molecule has 3 heterocycles. The van der Waals surface area contributed by atoms with Gasteiger partial charge in [-0.05, 0) is 50.3 Å². The summed E-state index contributed by atoms with van der Waals surface area (Å²) in [5, 5.41) is 6.67. The number of benzene rings is 1. The maximum absolute atomic E-state index is 12.4. The Bertz CT molecular complexity index is 604. The summed E-state index contributed by atoms with van der Waals surface area (Å²) in [6.45, 7) is 2.05. The summed E-state index contributed by atoms with van der Waals surface area (Å²) in [4.78, 5) is 14.7. The van der Waals surface area contributed by atoms with Gasteiger partial charge in [-0.15, -0.1) is 0 Å². The monoisotopic (exact) mass is 335 g/mol. The van der Waals surface area contributed by atoms with E-state index in [-0.39, 0.29) is 18.2 Å². The lowest BCUT2D eigenvalue weighted by Crippen LogP contribution is -2.43. The molecule has 2 N–H and O–H groups in total. The van der Waals surface area contributed by atoms with Crippen LogP contribution in [0.3, 0.4) is 0 Å². The van der Waals surface area contributed by atoms with Gasteiger partial charge in [0.1, 0.15) is 0 Å². The topological polar surface area (TPSA) is 53.6 Å². The lowest BCUT2D eigenvalue weighted by atomic mass is 9.96. The minimum absolute atomic E-state index is 0.128. The van der Waals surface area contributed by atoms with Gasteiger partial charge in [0.15, 0.2) is 0 Å². The molecule has 0 spiro atoms. The van der Waals surface area contributed by atoms with E-state index < -0.39 is 0 Å². The van der Waals surface area contributed by atoms with Gasteiger partial charge in [0.25, 0.3) is 0 Å². The molecule has 23 heavy (non-hydrogen) atoms. The molecule has 3 aliphatic rings.